The number of carbonyl (C=O) groups excluding carboxylic acids is 1. The van der Waals surface area contributed by atoms with E-state index in [1.807, 2.05) is 13.0 Å². The van der Waals surface area contributed by atoms with Crippen molar-refractivity contribution < 1.29 is 18.3 Å². The number of piperidine rings is 1. The summed E-state index contributed by atoms with van der Waals surface area (Å²) in [5.74, 6) is -1.76. The average Bonchev–Trinajstić information content (AvgIpc) is 3.02. The maximum atomic E-state index is 13.1. The van der Waals surface area contributed by atoms with Gasteiger partial charge in [0.1, 0.15) is 5.75 Å². The van der Waals surface area contributed by atoms with Crippen LogP contribution in [-0.4, -0.2) is 40.7 Å². The molecule has 1 fully saturated rings. The summed E-state index contributed by atoms with van der Waals surface area (Å²) in [7, 11) is 0. The van der Waals surface area contributed by atoms with Gasteiger partial charge < -0.3 is 9.64 Å². The number of aromatic amines is 1. The van der Waals surface area contributed by atoms with Crippen LogP contribution in [0, 0.1) is 18.6 Å². The van der Waals surface area contributed by atoms with Crippen LogP contribution in [0.25, 0.3) is 0 Å². The molecule has 1 atom stereocenters. The molecular formula is C17H19F2N3O2. The molecule has 1 unspecified atom stereocenters. The molecule has 1 aromatic heterocycles. The number of hydrogen-bond acceptors (Lipinski definition) is 3. The number of hydrogen-bond donors (Lipinski definition) is 1. The van der Waals surface area contributed by atoms with E-state index >= 15 is 0 Å². The van der Waals surface area contributed by atoms with E-state index in [1.54, 1.807) is 4.90 Å². The second-order valence-corrected chi connectivity index (χ2v) is 6.02. The Hall–Kier alpha value is -2.44. The molecule has 1 saturated heterocycles. The molecule has 0 saturated carbocycles. The Labute approximate surface area is 138 Å². The lowest BCUT2D eigenvalue weighted by Gasteiger charge is -2.31. The van der Waals surface area contributed by atoms with Crippen molar-refractivity contribution in [2.45, 2.75) is 25.7 Å². The van der Waals surface area contributed by atoms with Crippen LogP contribution < -0.4 is 4.74 Å². The number of nitrogens with one attached hydrogen (secondary N) is 1. The van der Waals surface area contributed by atoms with Crippen LogP contribution in [0.15, 0.2) is 24.3 Å². The van der Waals surface area contributed by atoms with E-state index in [4.69, 9.17) is 4.74 Å². The van der Waals surface area contributed by atoms with E-state index < -0.39 is 11.6 Å². The molecule has 0 bridgehead atoms. The largest absolute Gasteiger partial charge is 0.484 e. The van der Waals surface area contributed by atoms with Gasteiger partial charge in [0.2, 0.25) is 0 Å². The van der Waals surface area contributed by atoms with Crippen molar-refractivity contribution in [3.63, 3.8) is 0 Å². The van der Waals surface area contributed by atoms with Gasteiger partial charge in [-0.2, -0.15) is 5.10 Å². The predicted octanol–water partition coefficient (Wildman–Crippen LogP) is 2.78. The third-order valence-corrected chi connectivity index (χ3v) is 4.17. The van der Waals surface area contributed by atoms with E-state index in [0.29, 0.717) is 13.1 Å². The number of aromatic nitrogens is 2. The summed E-state index contributed by atoms with van der Waals surface area (Å²) in [5.41, 5.74) is 1.96. The first kappa shape index (κ1) is 16.4. The van der Waals surface area contributed by atoms with Crippen molar-refractivity contribution in [3.05, 3.63) is 47.3 Å². The topological polar surface area (TPSA) is 58.2 Å². The lowest BCUT2D eigenvalue weighted by Crippen LogP contribution is -2.41. The molecule has 1 N–H and O–H groups in total. The SMILES string of the molecule is Cc1cc(C2CCCN(C(=O)COc3ccc(F)c(F)c3)C2)n[nH]1. The first-order chi connectivity index (χ1) is 11.5. The highest BCUT2D eigenvalue weighted by Gasteiger charge is 2.26. The molecule has 24 heavy (non-hydrogen) atoms. The van der Waals surface area contributed by atoms with Crippen LogP contribution in [0.4, 0.5) is 8.78 Å². The van der Waals surface area contributed by atoms with Gasteiger partial charge in [-0.15, -0.1) is 0 Å². The summed E-state index contributed by atoms with van der Waals surface area (Å²) >= 11 is 0. The van der Waals surface area contributed by atoms with Crippen molar-refractivity contribution in [3.8, 4) is 5.75 Å². The zero-order valence-electron chi connectivity index (χ0n) is 13.4. The summed E-state index contributed by atoms with van der Waals surface area (Å²) in [4.78, 5) is 14.0. The van der Waals surface area contributed by atoms with E-state index in [0.717, 1.165) is 36.4 Å². The van der Waals surface area contributed by atoms with Gasteiger partial charge in [0.05, 0.1) is 5.69 Å². The Kier molecular flexibility index (Phi) is 4.78. The zero-order valence-corrected chi connectivity index (χ0v) is 13.4. The van der Waals surface area contributed by atoms with Crippen molar-refractivity contribution in [2.75, 3.05) is 19.7 Å². The van der Waals surface area contributed by atoms with Crippen LogP contribution in [0.1, 0.15) is 30.1 Å². The molecule has 2 aromatic rings. The van der Waals surface area contributed by atoms with Crippen molar-refractivity contribution in [2.24, 2.45) is 0 Å². The van der Waals surface area contributed by atoms with Crippen LogP contribution in [0.3, 0.4) is 0 Å². The highest BCUT2D eigenvalue weighted by atomic mass is 19.2. The van der Waals surface area contributed by atoms with Crippen molar-refractivity contribution >= 4 is 5.91 Å². The maximum absolute atomic E-state index is 13.1. The highest BCUT2D eigenvalue weighted by molar-refractivity contribution is 5.78. The fraction of sp³-hybridized carbons (Fsp3) is 0.412. The molecule has 1 aromatic carbocycles. The van der Waals surface area contributed by atoms with Gasteiger partial charge >= 0.3 is 0 Å². The number of amides is 1. The molecule has 1 aliphatic rings. The molecule has 1 amide bonds. The maximum Gasteiger partial charge on any atom is 0.260 e. The van der Waals surface area contributed by atoms with Gasteiger partial charge in [-0.3, -0.25) is 9.89 Å². The third-order valence-electron chi connectivity index (χ3n) is 4.17. The van der Waals surface area contributed by atoms with Crippen LogP contribution in [-0.2, 0) is 4.79 Å². The summed E-state index contributed by atoms with van der Waals surface area (Å²) in [6.07, 6.45) is 1.88. The Morgan fingerprint density at radius 3 is 2.92 bits per heavy atom. The lowest BCUT2D eigenvalue weighted by molar-refractivity contribution is -0.134. The minimum Gasteiger partial charge on any atom is -0.484 e. The molecule has 2 heterocycles. The Morgan fingerprint density at radius 2 is 2.21 bits per heavy atom. The van der Waals surface area contributed by atoms with Crippen molar-refractivity contribution in [1.29, 1.82) is 0 Å². The predicted molar refractivity (Wildman–Crippen MR) is 83.7 cm³/mol. The van der Waals surface area contributed by atoms with Gasteiger partial charge in [-0.25, -0.2) is 8.78 Å². The number of nitrogens with zero attached hydrogens (tertiary/aromatic N) is 2. The molecular weight excluding hydrogens is 316 g/mol. The van der Waals surface area contributed by atoms with E-state index in [-0.39, 0.29) is 24.2 Å². The Bertz CT molecular complexity index is 732. The minimum atomic E-state index is -0.994. The molecule has 0 spiro atoms. The first-order valence-electron chi connectivity index (χ1n) is 7.90. The number of benzene rings is 1. The number of rotatable bonds is 4. The first-order valence-corrected chi connectivity index (χ1v) is 7.90. The van der Waals surface area contributed by atoms with Gasteiger partial charge in [0, 0.05) is 30.8 Å². The molecule has 128 valence electrons. The number of halogens is 2. The highest BCUT2D eigenvalue weighted by Crippen LogP contribution is 2.26. The molecule has 3 rings (SSSR count). The smallest absolute Gasteiger partial charge is 0.260 e. The van der Waals surface area contributed by atoms with Gasteiger partial charge in [0.25, 0.3) is 5.91 Å². The molecule has 1 aliphatic heterocycles. The monoisotopic (exact) mass is 335 g/mol. The second kappa shape index (κ2) is 6.98. The molecule has 5 nitrogen and oxygen atoms in total. The van der Waals surface area contributed by atoms with Gasteiger partial charge in [-0.1, -0.05) is 0 Å². The lowest BCUT2D eigenvalue weighted by atomic mass is 9.94. The van der Waals surface area contributed by atoms with Crippen LogP contribution in [0.5, 0.6) is 5.75 Å². The van der Waals surface area contributed by atoms with Crippen LogP contribution >= 0.6 is 0 Å². The van der Waals surface area contributed by atoms with Gasteiger partial charge in [0.15, 0.2) is 18.2 Å². The number of carbonyl (C=O) groups is 1. The molecule has 0 radical (unpaired) electrons. The van der Waals surface area contributed by atoms with E-state index in [1.165, 1.54) is 6.07 Å². The van der Waals surface area contributed by atoms with Crippen molar-refractivity contribution in [1.82, 2.24) is 15.1 Å². The third kappa shape index (κ3) is 3.72. The van der Waals surface area contributed by atoms with Gasteiger partial charge in [-0.05, 0) is 38.0 Å². The second-order valence-electron chi connectivity index (χ2n) is 6.02. The summed E-state index contributed by atoms with van der Waals surface area (Å²) in [6.45, 7) is 3.00. The fourth-order valence-electron chi connectivity index (χ4n) is 2.90. The summed E-state index contributed by atoms with van der Waals surface area (Å²) in [6, 6.07) is 5.22. The number of ether oxygens (including phenoxy) is 1. The fourth-order valence-corrected chi connectivity index (χ4v) is 2.90. The quantitative estimate of drug-likeness (QED) is 0.935. The molecule has 7 heteroatoms. The standard InChI is InChI=1S/C17H19F2N3O2/c1-11-7-16(21-20-11)12-3-2-6-22(9-12)17(23)10-24-13-4-5-14(18)15(19)8-13/h4-5,7-8,12H,2-3,6,9-10H2,1H3,(H,20,21). The Morgan fingerprint density at radius 1 is 1.38 bits per heavy atom. The van der Waals surface area contributed by atoms with E-state index in [2.05, 4.69) is 10.2 Å². The average molecular weight is 335 g/mol. The van der Waals surface area contributed by atoms with E-state index in [9.17, 15) is 13.6 Å². The number of aryl methyl sites for hydroxylation is 1. The summed E-state index contributed by atoms with van der Waals surface area (Å²) in [5, 5.41) is 7.20. The number of H-pyrrole nitrogens is 1. The van der Waals surface area contributed by atoms with Crippen LogP contribution in [0.2, 0.25) is 0 Å². The zero-order chi connectivity index (χ0) is 17.1. The molecule has 0 aliphatic carbocycles. The minimum absolute atomic E-state index is 0.138. The number of likely N-dealkylation sites (tertiary alicyclic amines) is 1. The Balaban J connectivity index is 1.57. The normalized spacial score (nSPS) is 17.8. The summed E-state index contributed by atoms with van der Waals surface area (Å²) < 4.78 is 31.3.